The smallest absolute Gasteiger partial charge is 0.251 e. The van der Waals surface area contributed by atoms with Crippen LogP contribution >= 0.6 is 11.3 Å². The van der Waals surface area contributed by atoms with Crippen LogP contribution in [0.3, 0.4) is 0 Å². The molecule has 3 N–H and O–H groups in total. The second-order valence-corrected chi connectivity index (χ2v) is 6.52. The molecule has 0 aliphatic rings. The van der Waals surface area contributed by atoms with Gasteiger partial charge in [-0.2, -0.15) is 0 Å². The Bertz CT molecular complexity index is 651. The van der Waals surface area contributed by atoms with Gasteiger partial charge in [0.1, 0.15) is 6.61 Å². The number of amides is 1. The molecule has 0 fully saturated rings. The number of hydrogen-bond donors (Lipinski definition) is 2. The number of nitrogens with one attached hydrogen (secondary N) is 1. The summed E-state index contributed by atoms with van der Waals surface area (Å²) in [6.45, 7) is 4.44. The van der Waals surface area contributed by atoms with Crippen molar-refractivity contribution in [3.05, 3.63) is 40.3 Å². The van der Waals surface area contributed by atoms with Crippen molar-refractivity contribution in [1.82, 2.24) is 10.3 Å². The molecule has 7 heteroatoms. The molecule has 1 heterocycles. The SMILES string of the molecule is COc1cc(C(=O)NCC(C)(C)N)ccc1OCc1cscn1. The molecule has 0 atom stereocenters. The first-order chi connectivity index (χ1) is 10.9. The highest BCUT2D eigenvalue weighted by molar-refractivity contribution is 7.07. The van der Waals surface area contributed by atoms with Gasteiger partial charge in [-0.3, -0.25) is 4.79 Å². The number of thiazole rings is 1. The largest absolute Gasteiger partial charge is 0.493 e. The molecule has 1 amide bonds. The summed E-state index contributed by atoms with van der Waals surface area (Å²) in [5, 5.41) is 4.71. The van der Waals surface area contributed by atoms with Crippen molar-refractivity contribution in [2.75, 3.05) is 13.7 Å². The van der Waals surface area contributed by atoms with Crippen LogP contribution in [0.25, 0.3) is 0 Å². The molecule has 1 aromatic carbocycles. The molecular formula is C16H21N3O3S. The Morgan fingerprint density at radius 2 is 2.17 bits per heavy atom. The molecule has 0 radical (unpaired) electrons. The van der Waals surface area contributed by atoms with E-state index < -0.39 is 5.54 Å². The molecule has 0 saturated carbocycles. The number of ether oxygens (including phenoxy) is 2. The molecule has 6 nitrogen and oxygen atoms in total. The molecule has 0 saturated heterocycles. The minimum absolute atomic E-state index is 0.201. The lowest BCUT2D eigenvalue weighted by molar-refractivity contribution is 0.0945. The van der Waals surface area contributed by atoms with Crippen molar-refractivity contribution in [3.8, 4) is 11.5 Å². The Morgan fingerprint density at radius 3 is 2.78 bits per heavy atom. The lowest BCUT2D eigenvalue weighted by atomic mass is 10.1. The summed E-state index contributed by atoms with van der Waals surface area (Å²) in [4.78, 5) is 16.3. The number of hydrogen-bond acceptors (Lipinski definition) is 6. The zero-order valence-corrected chi connectivity index (χ0v) is 14.3. The fourth-order valence-corrected chi connectivity index (χ4v) is 2.34. The summed E-state index contributed by atoms with van der Waals surface area (Å²) in [6.07, 6.45) is 0. The maximum absolute atomic E-state index is 12.1. The maximum Gasteiger partial charge on any atom is 0.251 e. The quantitative estimate of drug-likeness (QED) is 0.810. The number of aromatic nitrogens is 1. The normalized spacial score (nSPS) is 11.1. The van der Waals surface area contributed by atoms with E-state index in [1.54, 1.807) is 23.7 Å². The summed E-state index contributed by atoms with van der Waals surface area (Å²) in [6, 6.07) is 5.06. The monoisotopic (exact) mass is 335 g/mol. The Morgan fingerprint density at radius 1 is 1.39 bits per heavy atom. The molecule has 23 heavy (non-hydrogen) atoms. The third-order valence-electron chi connectivity index (χ3n) is 2.99. The van der Waals surface area contributed by atoms with E-state index in [4.69, 9.17) is 15.2 Å². The first kappa shape index (κ1) is 17.2. The molecule has 124 valence electrons. The molecule has 2 aromatic rings. The number of benzene rings is 1. The van der Waals surface area contributed by atoms with Gasteiger partial charge < -0.3 is 20.5 Å². The number of rotatable bonds is 7. The topological polar surface area (TPSA) is 86.5 Å². The fraction of sp³-hybridized carbons (Fsp3) is 0.375. The third kappa shape index (κ3) is 5.22. The first-order valence-electron chi connectivity index (χ1n) is 7.14. The van der Waals surface area contributed by atoms with Crippen LogP contribution in [-0.2, 0) is 6.61 Å². The van der Waals surface area contributed by atoms with E-state index in [0.29, 0.717) is 30.2 Å². The minimum Gasteiger partial charge on any atom is -0.493 e. The predicted molar refractivity (Wildman–Crippen MR) is 90.0 cm³/mol. The highest BCUT2D eigenvalue weighted by Gasteiger charge is 2.15. The van der Waals surface area contributed by atoms with Crippen molar-refractivity contribution in [2.45, 2.75) is 26.0 Å². The van der Waals surface area contributed by atoms with E-state index in [2.05, 4.69) is 10.3 Å². The van der Waals surface area contributed by atoms with Crippen molar-refractivity contribution >= 4 is 17.2 Å². The molecular weight excluding hydrogens is 314 g/mol. The summed E-state index contributed by atoms with van der Waals surface area (Å²) in [7, 11) is 1.54. The van der Waals surface area contributed by atoms with Gasteiger partial charge in [-0.25, -0.2) is 4.98 Å². The zero-order chi connectivity index (χ0) is 16.9. The number of carbonyl (C=O) groups is 1. The highest BCUT2D eigenvalue weighted by Crippen LogP contribution is 2.28. The van der Waals surface area contributed by atoms with Gasteiger partial charge in [-0.1, -0.05) is 0 Å². The number of carbonyl (C=O) groups excluding carboxylic acids is 1. The van der Waals surface area contributed by atoms with Gasteiger partial charge >= 0.3 is 0 Å². The lowest BCUT2D eigenvalue weighted by Crippen LogP contribution is -2.45. The van der Waals surface area contributed by atoms with Gasteiger partial charge in [0, 0.05) is 23.0 Å². The van der Waals surface area contributed by atoms with Gasteiger partial charge in [0.2, 0.25) is 0 Å². The Balaban J connectivity index is 2.04. The molecule has 0 aliphatic carbocycles. The number of nitrogens with zero attached hydrogens (tertiary/aromatic N) is 1. The number of nitrogens with two attached hydrogens (primary N) is 1. The maximum atomic E-state index is 12.1. The van der Waals surface area contributed by atoms with Crippen LogP contribution in [0.1, 0.15) is 29.9 Å². The van der Waals surface area contributed by atoms with E-state index in [0.717, 1.165) is 5.69 Å². The van der Waals surface area contributed by atoms with Gasteiger partial charge in [0.25, 0.3) is 5.91 Å². The molecule has 0 bridgehead atoms. The van der Waals surface area contributed by atoms with Gasteiger partial charge in [-0.15, -0.1) is 11.3 Å². The molecule has 1 aromatic heterocycles. The van der Waals surface area contributed by atoms with Crippen LogP contribution in [0.4, 0.5) is 0 Å². The van der Waals surface area contributed by atoms with Crippen LogP contribution in [0, 0.1) is 0 Å². The van der Waals surface area contributed by atoms with Crippen LogP contribution in [0.2, 0.25) is 0 Å². The van der Waals surface area contributed by atoms with Crippen molar-refractivity contribution < 1.29 is 14.3 Å². The van der Waals surface area contributed by atoms with Crippen LogP contribution in [-0.4, -0.2) is 30.1 Å². The van der Waals surface area contributed by atoms with Gasteiger partial charge in [-0.05, 0) is 32.0 Å². The molecule has 0 spiro atoms. The summed E-state index contributed by atoms with van der Waals surface area (Å²) < 4.78 is 11.0. The standard InChI is InChI=1S/C16H21N3O3S/c1-16(2,17)9-18-15(20)11-4-5-13(14(6-11)21-3)22-7-12-8-23-10-19-12/h4-6,8,10H,7,9,17H2,1-3H3,(H,18,20). The van der Waals surface area contributed by atoms with Crippen molar-refractivity contribution in [3.63, 3.8) is 0 Å². The van der Waals surface area contributed by atoms with Crippen LogP contribution < -0.4 is 20.5 Å². The fourth-order valence-electron chi connectivity index (χ4n) is 1.80. The highest BCUT2D eigenvalue weighted by atomic mass is 32.1. The van der Waals surface area contributed by atoms with E-state index in [1.165, 1.54) is 18.4 Å². The Labute approximate surface area is 139 Å². The molecule has 0 aliphatic heterocycles. The van der Waals surface area contributed by atoms with Gasteiger partial charge in [0.15, 0.2) is 11.5 Å². The first-order valence-corrected chi connectivity index (χ1v) is 8.08. The average molecular weight is 335 g/mol. The van der Waals surface area contributed by atoms with Gasteiger partial charge in [0.05, 0.1) is 18.3 Å². The van der Waals surface area contributed by atoms with E-state index in [9.17, 15) is 4.79 Å². The van der Waals surface area contributed by atoms with E-state index in [1.807, 2.05) is 19.2 Å². The summed E-state index contributed by atoms with van der Waals surface area (Å²) in [5.74, 6) is 0.865. The lowest BCUT2D eigenvalue weighted by Gasteiger charge is -2.19. The van der Waals surface area contributed by atoms with E-state index in [-0.39, 0.29) is 5.91 Å². The average Bonchev–Trinajstić information content (AvgIpc) is 3.03. The van der Waals surface area contributed by atoms with Crippen molar-refractivity contribution in [1.29, 1.82) is 0 Å². The third-order valence-corrected chi connectivity index (χ3v) is 3.62. The second kappa shape index (κ2) is 7.43. The van der Waals surface area contributed by atoms with E-state index >= 15 is 0 Å². The Hall–Kier alpha value is -2.12. The summed E-state index contributed by atoms with van der Waals surface area (Å²) in [5.41, 5.74) is 8.50. The number of methoxy groups -OCH3 is 1. The molecule has 0 unspecified atom stereocenters. The van der Waals surface area contributed by atoms with Crippen LogP contribution in [0.5, 0.6) is 11.5 Å². The Kier molecular flexibility index (Phi) is 5.57. The summed E-state index contributed by atoms with van der Waals surface area (Å²) >= 11 is 1.51. The minimum atomic E-state index is -0.462. The molecule has 2 rings (SSSR count). The second-order valence-electron chi connectivity index (χ2n) is 5.81. The van der Waals surface area contributed by atoms with Crippen LogP contribution in [0.15, 0.2) is 29.1 Å². The zero-order valence-electron chi connectivity index (χ0n) is 13.5. The van der Waals surface area contributed by atoms with Crippen molar-refractivity contribution in [2.24, 2.45) is 5.73 Å². The predicted octanol–water partition coefficient (Wildman–Crippen LogP) is 2.20.